The molecule has 150 valence electrons. The van der Waals surface area contributed by atoms with Gasteiger partial charge in [-0.3, -0.25) is 4.79 Å². The monoisotopic (exact) mass is 434 g/mol. The molecule has 3 amide bonds. The number of hydrogen-bond donors (Lipinski definition) is 3. The number of para-hydroxylation sites is 1. The third-order valence-corrected chi connectivity index (χ3v) is 6.49. The van der Waals surface area contributed by atoms with Crippen LogP contribution in [0.1, 0.15) is 15.9 Å². The average Bonchev–Trinajstić information content (AvgIpc) is 3.15. The Hall–Kier alpha value is -3.36. The number of nitrogens with two attached hydrogens (primary N) is 1. The Bertz CT molecular complexity index is 1170. The van der Waals surface area contributed by atoms with Crippen LogP contribution in [0.4, 0.5) is 16.2 Å². The topological polar surface area (TPSA) is 97.1 Å². The van der Waals surface area contributed by atoms with Gasteiger partial charge in [0, 0.05) is 22.7 Å². The van der Waals surface area contributed by atoms with Crippen LogP contribution in [-0.2, 0) is 5.75 Å². The number of aromatic nitrogens is 1. The summed E-state index contributed by atoms with van der Waals surface area (Å²) in [5, 5.41) is 5.30. The van der Waals surface area contributed by atoms with E-state index in [0.717, 1.165) is 21.2 Å². The van der Waals surface area contributed by atoms with Gasteiger partial charge in [-0.2, -0.15) is 0 Å². The quantitative estimate of drug-likeness (QED) is 0.357. The number of thioether (sulfide) groups is 1. The molecule has 8 heteroatoms. The fraction of sp³-hybridized carbons (Fsp3) is 0.0455. The maximum atomic E-state index is 12.5. The van der Waals surface area contributed by atoms with E-state index in [2.05, 4.69) is 21.7 Å². The van der Waals surface area contributed by atoms with E-state index < -0.39 is 6.03 Å². The van der Waals surface area contributed by atoms with Gasteiger partial charge in [-0.25, -0.2) is 9.78 Å². The number of urea groups is 1. The first kappa shape index (κ1) is 19.9. The van der Waals surface area contributed by atoms with Crippen molar-refractivity contribution in [3.63, 3.8) is 0 Å². The van der Waals surface area contributed by atoms with Gasteiger partial charge in [0.2, 0.25) is 0 Å². The number of hydrogen-bond acceptors (Lipinski definition) is 5. The average molecular weight is 435 g/mol. The first-order chi connectivity index (χ1) is 14.6. The highest BCUT2D eigenvalue weighted by molar-refractivity contribution is 8.00. The molecule has 4 aromatic rings. The summed E-state index contributed by atoms with van der Waals surface area (Å²) in [5.41, 5.74) is 8.89. The van der Waals surface area contributed by atoms with Crippen LogP contribution in [0.2, 0.25) is 0 Å². The summed E-state index contributed by atoms with van der Waals surface area (Å²) in [6, 6.07) is 21.7. The van der Waals surface area contributed by atoms with E-state index >= 15 is 0 Å². The number of amides is 3. The number of rotatable bonds is 6. The molecule has 0 unspecified atom stereocenters. The summed E-state index contributed by atoms with van der Waals surface area (Å²) in [6.07, 6.45) is 0. The summed E-state index contributed by atoms with van der Waals surface area (Å²) in [7, 11) is 0. The molecule has 0 aliphatic carbocycles. The minimum Gasteiger partial charge on any atom is -0.351 e. The molecule has 0 atom stereocenters. The first-order valence-corrected chi connectivity index (χ1v) is 10.9. The van der Waals surface area contributed by atoms with Crippen LogP contribution in [-0.4, -0.2) is 16.9 Å². The Morgan fingerprint density at radius 2 is 1.67 bits per heavy atom. The van der Waals surface area contributed by atoms with Gasteiger partial charge in [-0.15, -0.1) is 11.3 Å². The zero-order chi connectivity index (χ0) is 20.9. The maximum absolute atomic E-state index is 12.5. The third-order valence-electron chi connectivity index (χ3n) is 4.24. The predicted octanol–water partition coefficient (Wildman–Crippen LogP) is 5.33. The van der Waals surface area contributed by atoms with Gasteiger partial charge in [-0.1, -0.05) is 42.1 Å². The van der Waals surface area contributed by atoms with Crippen LogP contribution >= 0.6 is 23.1 Å². The number of fused-ring (bicyclic) bond motifs is 1. The normalized spacial score (nSPS) is 10.7. The van der Waals surface area contributed by atoms with E-state index in [1.807, 2.05) is 30.3 Å². The van der Waals surface area contributed by atoms with E-state index in [1.54, 1.807) is 59.5 Å². The largest absolute Gasteiger partial charge is 0.351 e. The standard InChI is InChI=1S/C22H18N4O2S2/c23-21(28)25-17-5-3-4-16(12-17)24-20(27)15-10-8-14(9-11-15)13-29-22-26-18-6-1-2-7-19(18)30-22/h1-12H,13H2,(H,24,27)(H3,23,25,28). The van der Waals surface area contributed by atoms with Gasteiger partial charge in [0.1, 0.15) is 0 Å². The molecule has 6 nitrogen and oxygen atoms in total. The molecule has 0 saturated heterocycles. The number of anilines is 2. The van der Waals surface area contributed by atoms with Crippen LogP contribution in [0, 0.1) is 0 Å². The molecule has 4 rings (SSSR count). The zero-order valence-electron chi connectivity index (χ0n) is 15.8. The highest BCUT2D eigenvalue weighted by atomic mass is 32.2. The summed E-state index contributed by atoms with van der Waals surface area (Å²) in [6.45, 7) is 0. The van der Waals surface area contributed by atoms with Crippen LogP contribution in [0.15, 0.2) is 77.1 Å². The molecule has 0 spiro atoms. The fourth-order valence-corrected chi connectivity index (χ4v) is 4.85. The van der Waals surface area contributed by atoms with E-state index in [9.17, 15) is 9.59 Å². The van der Waals surface area contributed by atoms with Gasteiger partial charge in [0.15, 0.2) is 4.34 Å². The second kappa shape index (κ2) is 8.98. The smallest absolute Gasteiger partial charge is 0.316 e. The van der Waals surface area contributed by atoms with E-state index in [1.165, 1.54) is 4.70 Å². The van der Waals surface area contributed by atoms with Crippen molar-refractivity contribution in [3.05, 3.63) is 83.9 Å². The number of benzene rings is 3. The Kier molecular flexibility index (Phi) is 5.97. The van der Waals surface area contributed by atoms with Gasteiger partial charge >= 0.3 is 6.03 Å². The van der Waals surface area contributed by atoms with Crippen molar-refractivity contribution >= 4 is 56.6 Å². The lowest BCUT2D eigenvalue weighted by molar-refractivity contribution is 0.102. The molecule has 30 heavy (non-hydrogen) atoms. The van der Waals surface area contributed by atoms with Crippen molar-refractivity contribution in [3.8, 4) is 0 Å². The number of carbonyl (C=O) groups is 2. The van der Waals surface area contributed by atoms with E-state index in [-0.39, 0.29) is 5.91 Å². The lowest BCUT2D eigenvalue weighted by Crippen LogP contribution is -2.19. The molecular weight excluding hydrogens is 416 g/mol. The molecule has 0 radical (unpaired) electrons. The predicted molar refractivity (Wildman–Crippen MR) is 123 cm³/mol. The minimum atomic E-state index is -0.655. The van der Waals surface area contributed by atoms with Crippen LogP contribution in [0.5, 0.6) is 0 Å². The van der Waals surface area contributed by atoms with Crippen molar-refractivity contribution in [2.75, 3.05) is 10.6 Å². The van der Waals surface area contributed by atoms with Gasteiger partial charge in [0.05, 0.1) is 10.2 Å². The summed E-state index contributed by atoms with van der Waals surface area (Å²) >= 11 is 3.37. The van der Waals surface area contributed by atoms with Crippen molar-refractivity contribution < 1.29 is 9.59 Å². The molecule has 4 N–H and O–H groups in total. The van der Waals surface area contributed by atoms with Crippen molar-refractivity contribution in [1.29, 1.82) is 0 Å². The van der Waals surface area contributed by atoms with Crippen LogP contribution < -0.4 is 16.4 Å². The Balaban J connectivity index is 1.36. The van der Waals surface area contributed by atoms with Gasteiger partial charge < -0.3 is 16.4 Å². The molecule has 0 bridgehead atoms. The highest BCUT2D eigenvalue weighted by Crippen LogP contribution is 2.31. The van der Waals surface area contributed by atoms with E-state index in [0.29, 0.717) is 16.9 Å². The SMILES string of the molecule is NC(=O)Nc1cccc(NC(=O)c2ccc(CSc3nc4ccccc4s3)cc2)c1. The highest BCUT2D eigenvalue weighted by Gasteiger charge is 2.08. The van der Waals surface area contributed by atoms with E-state index in [4.69, 9.17) is 5.73 Å². The summed E-state index contributed by atoms with van der Waals surface area (Å²) in [4.78, 5) is 28.1. The van der Waals surface area contributed by atoms with Crippen LogP contribution in [0.3, 0.4) is 0 Å². The zero-order valence-corrected chi connectivity index (χ0v) is 17.4. The molecule has 0 aliphatic rings. The Morgan fingerprint density at radius 3 is 2.40 bits per heavy atom. The number of primary amides is 1. The molecular formula is C22H18N4O2S2. The third kappa shape index (κ3) is 4.97. The van der Waals surface area contributed by atoms with Crippen molar-refractivity contribution in [1.82, 2.24) is 4.98 Å². The Morgan fingerprint density at radius 1 is 0.933 bits per heavy atom. The molecule has 1 aromatic heterocycles. The summed E-state index contributed by atoms with van der Waals surface area (Å²) < 4.78 is 2.21. The van der Waals surface area contributed by atoms with Crippen LogP contribution in [0.25, 0.3) is 10.2 Å². The summed E-state index contributed by atoms with van der Waals surface area (Å²) in [5.74, 6) is 0.555. The fourth-order valence-electron chi connectivity index (χ4n) is 2.83. The minimum absolute atomic E-state index is 0.225. The first-order valence-electron chi connectivity index (χ1n) is 9.12. The lowest BCUT2D eigenvalue weighted by Gasteiger charge is -2.08. The molecule has 1 heterocycles. The number of thiazole rings is 1. The number of nitrogens with zero attached hydrogens (tertiary/aromatic N) is 1. The molecule has 0 aliphatic heterocycles. The molecule has 3 aromatic carbocycles. The lowest BCUT2D eigenvalue weighted by atomic mass is 10.1. The second-order valence-corrected chi connectivity index (χ2v) is 8.71. The Labute approximate surface area is 181 Å². The van der Waals surface area contributed by atoms with Crippen molar-refractivity contribution in [2.24, 2.45) is 5.73 Å². The maximum Gasteiger partial charge on any atom is 0.316 e. The number of carbonyl (C=O) groups excluding carboxylic acids is 2. The van der Waals surface area contributed by atoms with Crippen molar-refractivity contribution in [2.45, 2.75) is 10.1 Å². The molecule has 0 fully saturated rings. The van der Waals surface area contributed by atoms with Gasteiger partial charge in [-0.05, 0) is 48.0 Å². The second-order valence-electron chi connectivity index (χ2n) is 6.46. The molecule has 0 saturated carbocycles. The number of nitrogens with one attached hydrogen (secondary N) is 2. The van der Waals surface area contributed by atoms with Gasteiger partial charge in [0.25, 0.3) is 5.91 Å².